The molecule has 0 saturated carbocycles. The maximum atomic E-state index is 10.8. The van der Waals surface area contributed by atoms with E-state index in [1.54, 1.807) is 19.1 Å². The van der Waals surface area contributed by atoms with Gasteiger partial charge in [-0.2, -0.15) is 0 Å². The van der Waals surface area contributed by atoms with E-state index in [1.807, 2.05) is 6.92 Å². The Bertz CT molecular complexity index is 364. The molecule has 0 aromatic carbocycles. The number of carbonyl (C=O) groups excluding carboxylic acids is 1. The standard InChI is InChI=1S/C10H15N3O2/c1-6-4-9(11-7(2)14)13-10(5-6)12-8(3)15/h4-5,7,14H,1-3H3,(H2,11,12,13,15). The van der Waals surface area contributed by atoms with Crippen molar-refractivity contribution in [1.82, 2.24) is 4.98 Å². The second kappa shape index (κ2) is 4.75. The highest BCUT2D eigenvalue weighted by Gasteiger charge is 2.03. The Labute approximate surface area is 88.5 Å². The molecule has 0 bridgehead atoms. The van der Waals surface area contributed by atoms with Crippen LogP contribution >= 0.6 is 0 Å². The van der Waals surface area contributed by atoms with Crippen LogP contribution in [0.1, 0.15) is 19.4 Å². The summed E-state index contributed by atoms with van der Waals surface area (Å²) in [6.07, 6.45) is -0.676. The molecule has 1 aromatic heterocycles. The first-order chi connectivity index (χ1) is 6.97. The minimum Gasteiger partial charge on any atom is -0.374 e. The van der Waals surface area contributed by atoms with Crippen LogP contribution in [0.5, 0.6) is 0 Å². The predicted octanol–water partition coefficient (Wildman–Crippen LogP) is 1.10. The van der Waals surface area contributed by atoms with Gasteiger partial charge in [-0.3, -0.25) is 4.79 Å². The first-order valence-corrected chi connectivity index (χ1v) is 4.68. The number of amides is 1. The quantitative estimate of drug-likeness (QED) is 0.652. The van der Waals surface area contributed by atoms with Gasteiger partial charge in [-0.05, 0) is 31.5 Å². The lowest BCUT2D eigenvalue weighted by atomic mass is 10.3. The van der Waals surface area contributed by atoms with Crippen molar-refractivity contribution in [2.24, 2.45) is 0 Å². The number of pyridine rings is 1. The lowest BCUT2D eigenvalue weighted by Crippen LogP contribution is -2.15. The largest absolute Gasteiger partial charge is 0.374 e. The van der Waals surface area contributed by atoms with Crippen LogP contribution in [0, 0.1) is 6.92 Å². The van der Waals surface area contributed by atoms with Crippen LogP contribution in [0.3, 0.4) is 0 Å². The highest BCUT2D eigenvalue weighted by Crippen LogP contribution is 2.13. The van der Waals surface area contributed by atoms with Gasteiger partial charge in [0.15, 0.2) is 0 Å². The van der Waals surface area contributed by atoms with Crippen LogP contribution < -0.4 is 10.6 Å². The third kappa shape index (κ3) is 3.95. The minimum atomic E-state index is -0.676. The van der Waals surface area contributed by atoms with E-state index in [0.29, 0.717) is 11.6 Å². The molecule has 0 saturated heterocycles. The first-order valence-electron chi connectivity index (χ1n) is 4.68. The summed E-state index contributed by atoms with van der Waals surface area (Å²) in [5.74, 6) is 0.843. The molecular weight excluding hydrogens is 194 g/mol. The molecule has 1 atom stereocenters. The van der Waals surface area contributed by atoms with Crippen molar-refractivity contribution in [1.29, 1.82) is 0 Å². The fourth-order valence-corrected chi connectivity index (χ4v) is 1.20. The van der Waals surface area contributed by atoms with E-state index in [2.05, 4.69) is 15.6 Å². The molecule has 1 heterocycles. The van der Waals surface area contributed by atoms with E-state index in [1.165, 1.54) is 6.92 Å². The van der Waals surface area contributed by atoms with Crippen LogP contribution in [-0.2, 0) is 4.79 Å². The van der Waals surface area contributed by atoms with Gasteiger partial charge < -0.3 is 15.7 Å². The highest BCUT2D eigenvalue weighted by atomic mass is 16.3. The number of rotatable bonds is 3. The number of aliphatic hydroxyl groups excluding tert-OH is 1. The van der Waals surface area contributed by atoms with E-state index in [4.69, 9.17) is 5.11 Å². The Morgan fingerprint density at radius 3 is 2.60 bits per heavy atom. The van der Waals surface area contributed by atoms with Crippen molar-refractivity contribution in [2.45, 2.75) is 27.0 Å². The van der Waals surface area contributed by atoms with Crippen molar-refractivity contribution in [2.75, 3.05) is 10.6 Å². The molecule has 3 N–H and O–H groups in total. The summed E-state index contributed by atoms with van der Waals surface area (Å²) in [6, 6.07) is 3.55. The average Bonchev–Trinajstić information content (AvgIpc) is 1.98. The molecule has 1 aromatic rings. The molecule has 0 aliphatic carbocycles. The van der Waals surface area contributed by atoms with E-state index in [-0.39, 0.29) is 5.91 Å². The summed E-state index contributed by atoms with van der Waals surface area (Å²) in [5.41, 5.74) is 0.955. The lowest BCUT2D eigenvalue weighted by molar-refractivity contribution is -0.114. The summed E-state index contributed by atoms with van der Waals surface area (Å²) in [5, 5.41) is 14.5. The van der Waals surface area contributed by atoms with Crippen LogP contribution in [-0.4, -0.2) is 22.2 Å². The Morgan fingerprint density at radius 1 is 1.47 bits per heavy atom. The number of hydrogen-bond acceptors (Lipinski definition) is 4. The fourth-order valence-electron chi connectivity index (χ4n) is 1.20. The van der Waals surface area contributed by atoms with E-state index in [9.17, 15) is 4.79 Å². The van der Waals surface area contributed by atoms with Gasteiger partial charge in [-0.25, -0.2) is 4.98 Å². The van der Waals surface area contributed by atoms with Crippen molar-refractivity contribution < 1.29 is 9.90 Å². The zero-order valence-corrected chi connectivity index (χ0v) is 9.03. The smallest absolute Gasteiger partial charge is 0.222 e. The van der Waals surface area contributed by atoms with Crippen molar-refractivity contribution in [3.05, 3.63) is 17.7 Å². The van der Waals surface area contributed by atoms with Crippen LogP contribution in [0.15, 0.2) is 12.1 Å². The molecule has 1 unspecified atom stereocenters. The molecule has 0 aliphatic heterocycles. The van der Waals surface area contributed by atoms with Gasteiger partial charge in [0.2, 0.25) is 5.91 Å². The van der Waals surface area contributed by atoms with Gasteiger partial charge in [0.25, 0.3) is 0 Å². The van der Waals surface area contributed by atoms with Gasteiger partial charge in [0.1, 0.15) is 17.9 Å². The van der Waals surface area contributed by atoms with Gasteiger partial charge in [-0.1, -0.05) is 0 Å². The SMILES string of the molecule is CC(=O)Nc1cc(C)cc(NC(C)O)n1. The molecular formula is C10H15N3O2. The average molecular weight is 209 g/mol. The van der Waals surface area contributed by atoms with E-state index >= 15 is 0 Å². The molecule has 5 heteroatoms. The first kappa shape index (κ1) is 11.5. The molecule has 0 spiro atoms. The number of aryl methyl sites for hydroxylation is 1. The number of anilines is 2. The van der Waals surface area contributed by atoms with Crippen molar-refractivity contribution in [3.8, 4) is 0 Å². The number of aliphatic hydroxyl groups is 1. The van der Waals surface area contributed by atoms with Gasteiger partial charge >= 0.3 is 0 Å². The number of nitrogens with zero attached hydrogens (tertiary/aromatic N) is 1. The third-order valence-corrected chi connectivity index (χ3v) is 1.63. The van der Waals surface area contributed by atoms with Gasteiger partial charge in [0.05, 0.1) is 0 Å². The molecule has 5 nitrogen and oxygen atoms in total. The summed E-state index contributed by atoms with van der Waals surface area (Å²) in [4.78, 5) is 14.9. The van der Waals surface area contributed by atoms with Gasteiger partial charge in [-0.15, -0.1) is 0 Å². The summed E-state index contributed by atoms with van der Waals surface area (Å²) < 4.78 is 0. The second-order valence-corrected chi connectivity index (χ2v) is 3.42. The molecule has 0 aliphatic rings. The number of aromatic nitrogens is 1. The maximum Gasteiger partial charge on any atom is 0.222 e. The molecule has 15 heavy (non-hydrogen) atoms. The molecule has 1 rings (SSSR count). The predicted molar refractivity (Wildman–Crippen MR) is 58.6 cm³/mol. The summed E-state index contributed by atoms with van der Waals surface area (Å²) >= 11 is 0. The zero-order chi connectivity index (χ0) is 11.4. The Balaban J connectivity index is 2.89. The Morgan fingerprint density at radius 2 is 2.07 bits per heavy atom. The zero-order valence-electron chi connectivity index (χ0n) is 9.03. The monoisotopic (exact) mass is 209 g/mol. The van der Waals surface area contributed by atoms with Crippen LogP contribution in [0.2, 0.25) is 0 Å². The van der Waals surface area contributed by atoms with Crippen molar-refractivity contribution >= 4 is 17.5 Å². The van der Waals surface area contributed by atoms with Crippen LogP contribution in [0.4, 0.5) is 11.6 Å². The lowest BCUT2D eigenvalue weighted by Gasteiger charge is -2.10. The molecule has 1 amide bonds. The topological polar surface area (TPSA) is 74.2 Å². The normalized spacial score (nSPS) is 12.0. The van der Waals surface area contributed by atoms with Crippen LogP contribution in [0.25, 0.3) is 0 Å². The number of carbonyl (C=O) groups is 1. The fraction of sp³-hybridized carbons (Fsp3) is 0.400. The third-order valence-electron chi connectivity index (χ3n) is 1.63. The summed E-state index contributed by atoms with van der Waals surface area (Å²) in [7, 11) is 0. The maximum absolute atomic E-state index is 10.8. The second-order valence-electron chi connectivity index (χ2n) is 3.42. The van der Waals surface area contributed by atoms with E-state index < -0.39 is 6.23 Å². The minimum absolute atomic E-state index is 0.170. The number of nitrogens with one attached hydrogen (secondary N) is 2. The Kier molecular flexibility index (Phi) is 3.62. The molecule has 82 valence electrons. The Hall–Kier alpha value is -1.62. The molecule has 0 fully saturated rings. The highest BCUT2D eigenvalue weighted by molar-refractivity contribution is 5.87. The molecule has 0 radical (unpaired) electrons. The number of hydrogen-bond donors (Lipinski definition) is 3. The van der Waals surface area contributed by atoms with E-state index in [0.717, 1.165) is 5.56 Å². The van der Waals surface area contributed by atoms with Crippen molar-refractivity contribution in [3.63, 3.8) is 0 Å². The summed E-state index contributed by atoms with van der Waals surface area (Å²) in [6.45, 7) is 4.91. The van der Waals surface area contributed by atoms with Gasteiger partial charge in [0, 0.05) is 6.92 Å².